The molecule has 0 radical (unpaired) electrons. The van der Waals surface area contributed by atoms with Crippen molar-refractivity contribution >= 4 is 51.6 Å². The lowest BCUT2D eigenvalue weighted by molar-refractivity contribution is 0.0527. The highest BCUT2D eigenvalue weighted by Gasteiger charge is 2.19. The van der Waals surface area contributed by atoms with E-state index in [4.69, 9.17) is 32.9 Å². The van der Waals surface area contributed by atoms with Gasteiger partial charge in [0.1, 0.15) is 11.1 Å². The van der Waals surface area contributed by atoms with Crippen molar-refractivity contribution in [3.05, 3.63) is 75.9 Å². The third-order valence-electron chi connectivity index (χ3n) is 5.24. The van der Waals surface area contributed by atoms with Crippen molar-refractivity contribution in [2.45, 2.75) is 13.5 Å². The summed E-state index contributed by atoms with van der Waals surface area (Å²) in [4.78, 5) is 24.0. The Labute approximate surface area is 213 Å². The summed E-state index contributed by atoms with van der Waals surface area (Å²) >= 11 is 12.2. The van der Waals surface area contributed by atoms with Gasteiger partial charge >= 0.3 is 5.97 Å². The number of nitrogens with zero attached hydrogens (tertiary/aromatic N) is 3. The van der Waals surface area contributed by atoms with E-state index in [0.717, 1.165) is 17.8 Å². The number of phenolic OH excluding ortho intramolecular Hbond substituents is 1. The highest BCUT2D eigenvalue weighted by atomic mass is 35.5. The van der Waals surface area contributed by atoms with E-state index >= 15 is 0 Å². The number of carbonyl (C=O) groups is 1. The van der Waals surface area contributed by atoms with Gasteiger partial charge in [-0.3, -0.25) is 4.98 Å². The average molecular weight is 511 g/mol. The number of esters is 1. The molecule has 9 heteroatoms. The molecule has 180 valence electrons. The molecule has 35 heavy (non-hydrogen) atoms. The predicted molar refractivity (Wildman–Crippen MR) is 140 cm³/mol. The average Bonchev–Trinajstić information content (AvgIpc) is 2.83. The number of phenols is 1. The van der Waals surface area contributed by atoms with Crippen LogP contribution in [0.5, 0.6) is 5.75 Å². The maximum Gasteiger partial charge on any atom is 0.341 e. The molecule has 0 spiro atoms. The van der Waals surface area contributed by atoms with Crippen LogP contribution in [-0.4, -0.2) is 46.6 Å². The number of nitrogens with one attached hydrogen (secondary N) is 1. The normalized spacial score (nSPS) is 11.1. The first-order valence-corrected chi connectivity index (χ1v) is 11.7. The van der Waals surface area contributed by atoms with E-state index in [1.54, 1.807) is 31.2 Å². The van der Waals surface area contributed by atoms with Crippen molar-refractivity contribution < 1.29 is 14.6 Å². The van der Waals surface area contributed by atoms with Crippen molar-refractivity contribution in [2.75, 3.05) is 26.0 Å². The van der Waals surface area contributed by atoms with Gasteiger partial charge in [0, 0.05) is 24.0 Å². The molecule has 4 aromatic rings. The zero-order chi connectivity index (χ0) is 25.1. The fourth-order valence-electron chi connectivity index (χ4n) is 3.63. The van der Waals surface area contributed by atoms with Crippen molar-refractivity contribution in [1.82, 2.24) is 14.9 Å². The lowest BCUT2D eigenvalue weighted by Crippen LogP contribution is -2.11. The number of halogens is 2. The molecule has 0 unspecified atom stereocenters. The van der Waals surface area contributed by atoms with E-state index in [-0.39, 0.29) is 28.0 Å². The molecule has 0 amide bonds. The summed E-state index contributed by atoms with van der Waals surface area (Å²) in [6, 6.07) is 14.7. The second-order valence-corrected chi connectivity index (χ2v) is 8.99. The monoisotopic (exact) mass is 510 g/mol. The maximum absolute atomic E-state index is 12.8. The van der Waals surface area contributed by atoms with Crippen molar-refractivity contribution in [3.8, 4) is 17.0 Å². The van der Waals surface area contributed by atoms with E-state index in [2.05, 4.69) is 15.2 Å². The van der Waals surface area contributed by atoms with Crippen LogP contribution in [0, 0.1) is 0 Å². The van der Waals surface area contributed by atoms with Crippen molar-refractivity contribution in [2.24, 2.45) is 0 Å². The molecule has 2 aromatic carbocycles. The van der Waals surface area contributed by atoms with Crippen LogP contribution in [0.25, 0.3) is 22.3 Å². The number of rotatable bonds is 7. The van der Waals surface area contributed by atoms with Gasteiger partial charge in [0.2, 0.25) is 0 Å². The first-order valence-electron chi connectivity index (χ1n) is 10.9. The fraction of sp³-hybridized carbons (Fsp3) is 0.192. The third kappa shape index (κ3) is 5.48. The zero-order valence-corrected chi connectivity index (χ0v) is 21.0. The van der Waals surface area contributed by atoms with Crippen LogP contribution in [0.2, 0.25) is 10.0 Å². The van der Waals surface area contributed by atoms with Gasteiger partial charge in [-0.25, -0.2) is 9.78 Å². The molecule has 0 aliphatic carbocycles. The van der Waals surface area contributed by atoms with Gasteiger partial charge in [0.25, 0.3) is 0 Å². The Bertz CT molecular complexity index is 1370. The number of aromatic nitrogens is 2. The minimum absolute atomic E-state index is 0.115. The van der Waals surface area contributed by atoms with Gasteiger partial charge in [0.15, 0.2) is 5.75 Å². The predicted octanol–water partition coefficient (Wildman–Crippen LogP) is 6.29. The number of anilines is 2. The molecule has 0 aliphatic rings. The summed E-state index contributed by atoms with van der Waals surface area (Å²) in [5.74, 6) is -0.694. The number of aromatic hydroxyl groups is 1. The van der Waals surface area contributed by atoms with Crippen LogP contribution in [0.3, 0.4) is 0 Å². The van der Waals surface area contributed by atoms with Gasteiger partial charge in [-0.05, 0) is 63.0 Å². The van der Waals surface area contributed by atoms with E-state index in [0.29, 0.717) is 28.0 Å². The highest BCUT2D eigenvalue weighted by molar-refractivity contribution is 6.37. The molecule has 0 aliphatic heterocycles. The molecule has 2 heterocycles. The van der Waals surface area contributed by atoms with Gasteiger partial charge in [0.05, 0.1) is 33.6 Å². The van der Waals surface area contributed by atoms with Gasteiger partial charge in [-0.15, -0.1) is 0 Å². The Kier molecular flexibility index (Phi) is 7.40. The van der Waals surface area contributed by atoms with Crippen molar-refractivity contribution in [3.63, 3.8) is 0 Å². The van der Waals surface area contributed by atoms with Gasteiger partial charge < -0.3 is 20.1 Å². The second kappa shape index (κ2) is 10.5. The zero-order valence-electron chi connectivity index (χ0n) is 19.5. The summed E-state index contributed by atoms with van der Waals surface area (Å²) in [6.07, 6.45) is 1.48. The molecule has 0 saturated carbocycles. The molecule has 0 atom stereocenters. The standard InChI is InChI=1S/C26H24Cl2N4O3/c1-4-35-26(34)18-13-29-22-10-9-21(16-11-19(27)25(33)20(28)12-16)31-24(22)23(18)30-17-7-5-15(6-8-17)14-32(2)3/h5-13,33H,4,14H2,1-3H3,(H,29,30). The lowest BCUT2D eigenvalue weighted by Gasteiger charge is -2.15. The van der Waals surface area contributed by atoms with Crippen LogP contribution in [0.4, 0.5) is 11.4 Å². The van der Waals surface area contributed by atoms with Crippen LogP contribution < -0.4 is 5.32 Å². The van der Waals surface area contributed by atoms with Crippen LogP contribution in [0.1, 0.15) is 22.8 Å². The minimum atomic E-state index is -0.503. The molecule has 2 aromatic heterocycles. The van der Waals surface area contributed by atoms with Crippen LogP contribution in [-0.2, 0) is 11.3 Å². The maximum atomic E-state index is 12.8. The Morgan fingerprint density at radius 2 is 1.77 bits per heavy atom. The Morgan fingerprint density at radius 1 is 1.09 bits per heavy atom. The molecule has 7 nitrogen and oxygen atoms in total. The molecule has 2 N–H and O–H groups in total. The molecule has 4 rings (SSSR count). The summed E-state index contributed by atoms with van der Waals surface area (Å²) in [5, 5.41) is 13.5. The Morgan fingerprint density at radius 3 is 2.40 bits per heavy atom. The smallest absolute Gasteiger partial charge is 0.341 e. The van der Waals surface area contributed by atoms with E-state index in [9.17, 15) is 9.90 Å². The highest BCUT2D eigenvalue weighted by Crippen LogP contribution is 2.37. The topological polar surface area (TPSA) is 87.6 Å². The number of hydrogen-bond donors (Lipinski definition) is 2. The molecule has 0 fully saturated rings. The molecular formula is C26H24Cl2N4O3. The third-order valence-corrected chi connectivity index (χ3v) is 5.82. The number of carbonyl (C=O) groups excluding carboxylic acids is 1. The SMILES string of the molecule is CCOC(=O)c1cnc2ccc(-c3cc(Cl)c(O)c(Cl)c3)nc2c1Nc1ccc(CN(C)C)cc1. The first kappa shape index (κ1) is 24.7. The fourth-order valence-corrected chi connectivity index (χ4v) is 4.12. The second-order valence-electron chi connectivity index (χ2n) is 8.18. The van der Waals surface area contributed by atoms with Crippen LogP contribution >= 0.6 is 23.2 Å². The van der Waals surface area contributed by atoms with E-state index < -0.39 is 5.97 Å². The minimum Gasteiger partial charge on any atom is -0.505 e. The largest absolute Gasteiger partial charge is 0.505 e. The summed E-state index contributed by atoms with van der Waals surface area (Å²) < 4.78 is 5.26. The summed E-state index contributed by atoms with van der Waals surface area (Å²) in [6.45, 7) is 2.79. The van der Waals surface area contributed by atoms with Crippen LogP contribution in [0.15, 0.2) is 54.7 Å². The summed E-state index contributed by atoms with van der Waals surface area (Å²) in [7, 11) is 4.02. The Balaban J connectivity index is 1.84. The molecule has 0 bridgehead atoms. The van der Waals surface area contributed by atoms with Gasteiger partial charge in [-0.1, -0.05) is 35.3 Å². The first-order chi connectivity index (χ1) is 16.8. The summed E-state index contributed by atoms with van der Waals surface area (Å²) in [5.41, 5.74) is 4.92. The molecular weight excluding hydrogens is 487 g/mol. The van der Waals surface area contributed by atoms with E-state index in [1.165, 1.54) is 6.20 Å². The van der Waals surface area contributed by atoms with Crippen molar-refractivity contribution in [1.29, 1.82) is 0 Å². The molecule has 0 saturated heterocycles. The number of hydrogen-bond acceptors (Lipinski definition) is 7. The number of fused-ring (bicyclic) bond motifs is 1. The Hall–Kier alpha value is -3.39. The lowest BCUT2D eigenvalue weighted by atomic mass is 10.1. The van der Waals surface area contributed by atoms with Gasteiger partial charge in [-0.2, -0.15) is 0 Å². The number of pyridine rings is 2. The number of ether oxygens (including phenoxy) is 1. The van der Waals surface area contributed by atoms with E-state index in [1.807, 2.05) is 38.4 Å². The number of benzene rings is 2. The quantitative estimate of drug-likeness (QED) is 0.282.